The first kappa shape index (κ1) is 30.4. The van der Waals surface area contributed by atoms with E-state index in [2.05, 4.69) is 43.3 Å². The third-order valence-electron chi connectivity index (χ3n) is 6.09. The van der Waals surface area contributed by atoms with Gasteiger partial charge >= 0.3 is 6.16 Å². The van der Waals surface area contributed by atoms with Crippen molar-refractivity contribution in [2.24, 2.45) is 0 Å². The number of aryl methyl sites for hydroxylation is 5. The van der Waals surface area contributed by atoms with Crippen molar-refractivity contribution in [1.29, 1.82) is 0 Å². The quantitative estimate of drug-likeness (QED) is 0.146. The summed E-state index contributed by atoms with van der Waals surface area (Å²) in [6, 6.07) is 12.5. The predicted molar refractivity (Wildman–Crippen MR) is 141 cm³/mol. The Hall–Kier alpha value is -2.82. The van der Waals surface area contributed by atoms with Gasteiger partial charge in [0.1, 0.15) is 17.2 Å². The minimum atomic E-state index is -0.737. The summed E-state index contributed by atoms with van der Waals surface area (Å²) in [5.74, 6) is 2.24. The summed E-state index contributed by atoms with van der Waals surface area (Å²) in [6.45, 7) is 10.4. The average molecular weight is 676 g/mol. The van der Waals surface area contributed by atoms with Gasteiger partial charge in [-0.3, -0.25) is 0 Å². The van der Waals surface area contributed by atoms with Crippen molar-refractivity contribution in [1.82, 2.24) is 0 Å². The summed E-state index contributed by atoms with van der Waals surface area (Å²) >= 11 is 0. The van der Waals surface area contributed by atoms with E-state index in [9.17, 15) is 4.79 Å². The molecule has 0 aromatic heterocycles. The van der Waals surface area contributed by atoms with Crippen LogP contribution in [0, 0.1) is 34.6 Å². The fraction of sp³-hybridized carbons (Fsp3) is 0.367. The summed E-state index contributed by atoms with van der Waals surface area (Å²) in [6.07, 6.45) is 0.460. The Morgan fingerprint density at radius 3 is 1.54 bits per heavy atom. The van der Waals surface area contributed by atoms with Gasteiger partial charge in [-0.1, -0.05) is 42.0 Å². The number of rotatable bonds is 9. The number of methoxy groups -OCH3 is 3. The Labute approximate surface area is 234 Å². The van der Waals surface area contributed by atoms with Crippen LogP contribution in [0.5, 0.6) is 17.2 Å². The Morgan fingerprint density at radius 2 is 1.14 bits per heavy atom. The summed E-state index contributed by atoms with van der Waals surface area (Å²) in [5, 5.41) is 0. The van der Waals surface area contributed by atoms with E-state index in [-0.39, 0.29) is 27.9 Å². The molecule has 0 spiro atoms. The van der Waals surface area contributed by atoms with Gasteiger partial charge in [0.2, 0.25) is 0 Å². The van der Waals surface area contributed by atoms with E-state index in [0.29, 0.717) is 18.6 Å². The molecule has 0 fully saturated rings. The third kappa shape index (κ3) is 7.59. The minimum Gasteiger partial charge on any atom is -0.496 e. The molecule has 37 heavy (non-hydrogen) atoms. The molecule has 0 unspecified atom stereocenters. The fourth-order valence-electron chi connectivity index (χ4n) is 4.84. The second-order valence-corrected chi connectivity index (χ2v) is 9.19. The average Bonchev–Trinajstić information content (AvgIpc) is 2.80. The monoisotopic (exact) mass is 676 g/mol. The molecule has 0 bridgehead atoms. The molecule has 3 rings (SSSR count). The molecule has 0 heterocycles. The van der Waals surface area contributed by atoms with E-state index in [1.165, 1.54) is 7.11 Å². The zero-order valence-electron chi connectivity index (χ0n) is 22.9. The molecule has 0 aliphatic rings. The molecule has 0 saturated carbocycles. The number of hydrogen-bond acceptors (Lipinski definition) is 6. The van der Waals surface area contributed by atoms with Crippen LogP contribution in [-0.2, 0) is 43.4 Å². The molecule has 198 valence electrons. The van der Waals surface area contributed by atoms with Crippen LogP contribution in [0.4, 0.5) is 4.79 Å². The predicted octanol–water partition coefficient (Wildman–Crippen LogP) is 6.54. The van der Waals surface area contributed by atoms with Crippen LogP contribution < -0.4 is 14.2 Å². The molecule has 0 aliphatic carbocycles. The molecule has 0 saturated heterocycles. The maximum Gasteiger partial charge on any atom is 0.513 e. The van der Waals surface area contributed by atoms with Gasteiger partial charge in [-0.2, -0.15) is 0 Å². The largest absolute Gasteiger partial charge is 0.513 e. The van der Waals surface area contributed by atoms with Crippen molar-refractivity contribution >= 4 is 6.16 Å². The van der Waals surface area contributed by atoms with E-state index >= 15 is 0 Å². The van der Waals surface area contributed by atoms with Gasteiger partial charge in [-0.25, -0.2) is 4.79 Å². The van der Waals surface area contributed by atoms with E-state index in [0.717, 1.165) is 61.6 Å². The molecule has 7 heteroatoms. The van der Waals surface area contributed by atoms with E-state index < -0.39 is 6.16 Å². The van der Waals surface area contributed by atoms with Gasteiger partial charge in [0, 0.05) is 41.0 Å². The number of carbonyl (C=O) groups excluding carboxylic acids is 1. The van der Waals surface area contributed by atoms with Crippen LogP contribution in [0.3, 0.4) is 0 Å². The second-order valence-electron chi connectivity index (χ2n) is 9.19. The van der Waals surface area contributed by atoms with Crippen molar-refractivity contribution in [2.75, 3.05) is 28.1 Å². The van der Waals surface area contributed by atoms with E-state index in [1.807, 2.05) is 27.7 Å². The smallest absolute Gasteiger partial charge is 0.496 e. The molecule has 0 radical (unpaired) electrons. The number of ether oxygens (including phenoxy) is 5. The van der Waals surface area contributed by atoms with Gasteiger partial charge in [0.05, 0.1) is 14.2 Å². The van der Waals surface area contributed by atoms with Crippen molar-refractivity contribution in [3.05, 3.63) is 86.5 Å². The van der Waals surface area contributed by atoms with Crippen molar-refractivity contribution in [2.45, 2.75) is 47.5 Å². The Balaban J connectivity index is 0.00000481. The maximum absolute atomic E-state index is 12.2. The molecule has 0 amide bonds. The molecule has 0 atom stereocenters. The first-order valence-corrected chi connectivity index (χ1v) is 11.9. The van der Waals surface area contributed by atoms with Crippen molar-refractivity contribution < 1.29 is 49.5 Å². The van der Waals surface area contributed by atoms with Gasteiger partial charge in [0.15, 0.2) is 6.79 Å². The Morgan fingerprint density at radius 1 is 0.676 bits per heavy atom. The first-order valence-electron chi connectivity index (χ1n) is 11.9. The minimum absolute atomic E-state index is 0. The topological polar surface area (TPSA) is 63.2 Å². The van der Waals surface area contributed by atoms with Crippen molar-refractivity contribution in [3.63, 3.8) is 0 Å². The molecular formula is C30H36O6W. The molecule has 0 N–H and O–H groups in total. The number of hydrogen-bond donors (Lipinski definition) is 0. The molecular weight excluding hydrogens is 640 g/mol. The molecule has 3 aromatic rings. The van der Waals surface area contributed by atoms with Crippen LogP contribution in [0.15, 0.2) is 36.4 Å². The van der Waals surface area contributed by atoms with E-state index in [1.54, 1.807) is 14.2 Å². The van der Waals surface area contributed by atoms with Gasteiger partial charge in [-0.15, -0.1) is 0 Å². The summed E-state index contributed by atoms with van der Waals surface area (Å²) < 4.78 is 26.9. The third-order valence-corrected chi connectivity index (χ3v) is 6.09. The van der Waals surface area contributed by atoms with Crippen molar-refractivity contribution in [3.8, 4) is 17.2 Å². The number of carbonyl (C=O) groups is 1. The van der Waals surface area contributed by atoms with Crippen LogP contribution in [0.25, 0.3) is 0 Å². The van der Waals surface area contributed by atoms with Gasteiger partial charge < -0.3 is 23.7 Å². The molecule has 3 aromatic carbocycles. The molecule has 6 nitrogen and oxygen atoms in total. The van der Waals surface area contributed by atoms with Crippen LogP contribution in [-0.4, -0.2) is 34.3 Å². The first-order chi connectivity index (χ1) is 17.2. The second kappa shape index (κ2) is 13.6. The standard InChI is InChI=1S/C30H36O6.W/c1-18-9-25(15-23-11-19(2)27(33-7)20(3)12-23)29(36-30(31)34-8)26(10-18)16-24-13-21(4)28(22(5)14-24)35-17-32-6;/h9-14H,15-17H2,1-8H3;. The number of benzene rings is 3. The van der Waals surface area contributed by atoms with Crippen LogP contribution in [0.2, 0.25) is 0 Å². The van der Waals surface area contributed by atoms with Crippen LogP contribution >= 0.6 is 0 Å². The zero-order chi connectivity index (χ0) is 26.4. The normalized spacial score (nSPS) is 10.5. The summed E-state index contributed by atoms with van der Waals surface area (Å²) in [7, 11) is 4.60. The maximum atomic E-state index is 12.2. The SMILES string of the molecule is COCOc1c(C)cc(Cc2cc(C)cc(Cc3cc(C)c(OC)c(C)c3)c2OC(=O)OC)cc1C.[W]. The fourth-order valence-corrected chi connectivity index (χ4v) is 4.84. The summed E-state index contributed by atoms with van der Waals surface area (Å²) in [4.78, 5) is 12.2. The van der Waals surface area contributed by atoms with Gasteiger partial charge in [-0.05, 0) is 79.1 Å². The van der Waals surface area contributed by atoms with Gasteiger partial charge in [0.25, 0.3) is 0 Å². The molecule has 0 aliphatic heterocycles. The Bertz CT molecular complexity index is 1210. The Kier molecular flexibility index (Phi) is 11.2. The van der Waals surface area contributed by atoms with E-state index in [4.69, 9.17) is 23.7 Å². The zero-order valence-corrected chi connectivity index (χ0v) is 25.9. The summed E-state index contributed by atoms with van der Waals surface area (Å²) in [5.41, 5.74) is 9.32. The van der Waals surface area contributed by atoms with Crippen LogP contribution in [0.1, 0.15) is 50.1 Å².